The number of nitrogens with one attached hydrogen (secondary N) is 2. The minimum absolute atomic E-state index is 0.0356. The first-order chi connectivity index (χ1) is 10.0. The molecule has 0 aromatic carbocycles. The highest BCUT2D eigenvalue weighted by atomic mass is 16.6. The molecule has 0 saturated heterocycles. The highest BCUT2D eigenvalue weighted by Crippen LogP contribution is 2.28. The molecule has 2 N–H and O–H groups in total. The van der Waals surface area contributed by atoms with Gasteiger partial charge < -0.3 is 10.6 Å². The number of hydrogen-bond acceptors (Lipinski definition) is 6. The molecule has 0 aliphatic heterocycles. The Labute approximate surface area is 125 Å². The first kappa shape index (κ1) is 17.1. The average molecular weight is 295 g/mol. The van der Waals surface area contributed by atoms with Gasteiger partial charge in [0.15, 0.2) is 0 Å². The summed E-state index contributed by atoms with van der Waals surface area (Å²) in [4.78, 5) is 19.3. The van der Waals surface area contributed by atoms with Crippen LogP contribution in [0.15, 0.2) is 0 Å². The molecule has 0 aliphatic rings. The van der Waals surface area contributed by atoms with Gasteiger partial charge in [0.2, 0.25) is 11.8 Å². The highest BCUT2D eigenvalue weighted by Gasteiger charge is 2.23. The van der Waals surface area contributed by atoms with Gasteiger partial charge in [-0.3, -0.25) is 10.1 Å². The summed E-state index contributed by atoms with van der Waals surface area (Å²) in [7, 11) is 0. The summed E-state index contributed by atoms with van der Waals surface area (Å²) in [5.41, 5.74) is 0.342. The smallest absolute Gasteiger partial charge is 0.332 e. The van der Waals surface area contributed by atoms with Crippen LogP contribution in [-0.2, 0) is 0 Å². The third kappa shape index (κ3) is 4.84. The van der Waals surface area contributed by atoms with Crippen molar-refractivity contribution in [1.82, 2.24) is 9.97 Å². The van der Waals surface area contributed by atoms with Crippen LogP contribution < -0.4 is 10.6 Å². The second-order valence-electron chi connectivity index (χ2n) is 5.05. The van der Waals surface area contributed by atoms with Crippen LogP contribution in [0.1, 0.15) is 52.1 Å². The van der Waals surface area contributed by atoms with Gasteiger partial charge in [0.25, 0.3) is 0 Å². The molecule has 7 heteroatoms. The van der Waals surface area contributed by atoms with Crippen LogP contribution in [0, 0.1) is 17.0 Å². The molecule has 21 heavy (non-hydrogen) atoms. The largest absolute Gasteiger partial charge is 0.361 e. The predicted molar refractivity (Wildman–Crippen MR) is 84.8 cm³/mol. The molecular formula is C14H25N5O2. The second-order valence-corrected chi connectivity index (χ2v) is 5.05. The predicted octanol–water partition coefficient (Wildman–Crippen LogP) is 3.51. The van der Waals surface area contributed by atoms with E-state index >= 15 is 0 Å². The Balaban J connectivity index is 3.11. The van der Waals surface area contributed by atoms with E-state index in [9.17, 15) is 10.1 Å². The van der Waals surface area contributed by atoms with E-state index in [1.165, 1.54) is 0 Å². The molecule has 0 aliphatic carbocycles. The van der Waals surface area contributed by atoms with Crippen LogP contribution in [0.4, 0.5) is 17.5 Å². The van der Waals surface area contributed by atoms with Gasteiger partial charge in [-0.15, -0.1) is 0 Å². The second kappa shape index (κ2) is 8.39. The van der Waals surface area contributed by atoms with Crippen molar-refractivity contribution in [2.75, 3.05) is 17.2 Å². The van der Waals surface area contributed by atoms with E-state index in [1.54, 1.807) is 6.92 Å². The molecule has 0 saturated carbocycles. The van der Waals surface area contributed by atoms with Crippen molar-refractivity contribution in [3.63, 3.8) is 0 Å². The maximum Gasteiger partial charge on any atom is 0.332 e. The number of anilines is 2. The number of nitro groups is 1. The first-order valence-electron chi connectivity index (χ1n) is 7.56. The molecule has 1 atom stereocenters. The van der Waals surface area contributed by atoms with Gasteiger partial charge in [-0.2, -0.15) is 4.98 Å². The lowest BCUT2D eigenvalue weighted by Gasteiger charge is -2.17. The van der Waals surface area contributed by atoms with Gasteiger partial charge in [-0.1, -0.05) is 27.2 Å². The van der Waals surface area contributed by atoms with Crippen LogP contribution in [-0.4, -0.2) is 27.5 Å². The minimum atomic E-state index is -0.417. The zero-order chi connectivity index (χ0) is 15.8. The standard InChI is InChI=1S/C14H25N5O2/c1-5-8-11(7-3)17-13-12(19(20)21)10(4)16-14(18-13)15-9-6-2/h11H,5-9H2,1-4H3,(H2,15,16,17,18). The first-order valence-corrected chi connectivity index (χ1v) is 7.56. The topological polar surface area (TPSA) is 93.0 Å². The van der Waals surface area contributed by atoms with Gasteiger partial charge in [0, 0.05) is 12.6 Å². The lowest BCUT2D eigenvalue weighted by molar-refractivity contribution is -0.385. The molecule has 0 fully saturated rings. The molecule has 0 bridgehead atoms. The van der Waals surface area contributed by atoms with E-state index in [4.69, 9.17) is 0 Å². The molecule has 1 rings (SSSR count). The van der Waals surface area contributed by atoms with Crippen molar-refractivity contribution in [3.8, 4) is 0 Å². The molecule has 0 spiro atoms. The van der Waals surface area contributed by atoms with E-state index in [1.807, 2.05) is 6.92 Å². The fraction of sp³-hybridized carbons (Fsp3) is 0.714. The zero-order valence-corrected chi connectivity index (χ0v) is 13.3. The summed E-state index contributed by atoms with van der Waals surface area (Å²) in [6.45, 7) is 8.58. The van der Waals surface area contributed by atoms with Crippen molar-refractivity contribution in [3.05, 3.63) is 15.8 Å². The Bertz CT molecular complexity index is 479. The van der Waals surface area contributed by atoms with Crippen molar-refractivity contribution >= 4 is 17.5 Å². The SMILES string of the molecule is CCCNc1nc(C)c([N+](=O)[O-])c(NC(CC)CCC)n1. The number of aromatic nitrogens is 2. The zero-order valence-electron chi connectivity index (χ0n) is 13.3. The minimum Gasteiger partial charge on any atom is -0.361 e. The Morgan fingerprint density at radius 3 is 2.48 bits per heavy atom. The van der Waals surface area contributed by atoms with Gasteiger partial charge in [-0.05, 0) is 26.2 Å². The van der Waals surface area contributed by atoms with E-state index < -0.39 is 4.92 Å². The fourth-order valence-electron chi connectivity index (χ4n) is 2.12. The summed E-state index contributed by atoms with van der Waals surface area (Å²) < 4.78 is 0. The van der Waals surface area contributed by atoms with Crippen molar-refractivity contribution in [2.24, 2.45) is 0 Å². The highest BCUT2D eigenvalue weighted by molar-refractivity contribution is 5.61. The molecule has 1 aromatic heterocycles. The fourth-order valence-corrected chi connectivity index (χ4v) is 2.12. The van der Waals surface area contributed by atoms with E-state index in [0.29, 0.717) is 17.5 Å². The molecule has 7 nitrogen and oxygen atoms in total. The van der Waals surface area contributed by atoms with Crippen molar-refractivity contribution < 1.29 is 4.92 Å². The molecule has 0 radical (unpaired) electrons. The maximum absolute atomic E-state index is 11.3. The van der Waals surface area contributed by atoms with E-state index in [-0.39, 0.29) is 11.7 Å². The summed E-state index contributed by atoms with van der Waals surface area (Å²) >= 11 is 0. The Morgan fingerprint density at radius 2 is 1.95 bits per heavy atom. The van der Waals surface area contributed by atoms with E-state index in [0.717, 1.165) is 32.2 Å². The third-order valence-corrected chi connectivity index (χ3v) is 3.24. The van der Waals surface area contributed by atoms with Gasteiger partial charge >= 0.3 is 5.69 Å². The lowest BCUT2D eigenvalue weighted by Crippen LogP contribution is -2.21. The average Bonchev–Trinajstić information content (AvgIpc) is 2.43. The van der Waals surface area contributed by atoms with Crippen LogP contribution in [0.5, 0.6) is 0 Å². The molecular weight excluding hydrogens is 270 g/mol. The summed E-state index contributed by atoms with van der Waals surface area (Å²) in [6.07, 6.45) is 3.81. The Hall–Kier alpha value is -1.92. The van der Waals surface area contributed by atoms with E-state index in [2.05, 4.69) is 34.4 Å². The molecule has 1 heterocycles. The van der Waals surface area contributed by atoms with Gasteiger partial charge in [0.1, 0.15) is 5.69 Å². The lowest BCUT2D eigenvalue weighted by atomic mass is 10.1. The molecule has 0 amide bonds. The van der Waals surface area contributed by atoms with Crippen LogP contribution in [0.3, 0.4) is 0 Å². The van der Waals surface area contributed by atoms with Crippen LogP contribution in [0.2, 0.25) is 0 Å². The normalized spacial score (nSPS) is 12.0. The maximum atomic E-state index is 11.3. The third-order valence-electron chi connectivity index (χ3n) is 3.24. The van der Waals surface area contributed by atoms with Crippen LogP contribution in [0.25, 0.3) is 0 Å². The van der Waals surface area contributed by atoms with Crippen molar-refractivity contribution in [1.29, 1.82) is 0 Å². The number of rotatable bonds is 9. The van der Waals surface area contributed by atoms with Crippen LogP contribution >= 0.6 is 0 Å². The Morgan fingerprint density at radius 1 is 1.24 bits per heavy atom. The van der Waals surface area contributed by atoms with Crippen molar-refractivity contribution in [2.45, 2.75) is 59.4 Å². The van der Waals surface area contributed by atoms with Gasteiger partial charge in [-0.25, -0.2) is 4.98 Å². The summed E-state index contributed by atoms with van der Waals surface area (Å²) in [5, 5.41) is 17.5. The molecule has 1 unspecified atom stereocenters. The number of hydrogen-bond donors (Lipinski definition) is 2. The monoisotopic (exact) mass is 295 g/mol. The quantitative estimate of drug-likeness (QED) is 0.535. The number of aryl methyl sites for hydroxylation is 1. The van der Waals surface area contributed by atoms with Gasteiger partial charge in [0.05, 0.1) is 4.92 Å². The summed E-state index contributed by atoms with van der Waals surface area (Å²) in [5.74, 6) is 0.750. The Kier molecular flexibility index (Phi) is 6.84. The molecule has 1 aromatic rings. The molecule has 118 valence electrons. The number of nitrogens with zero attached hydrogens (tertiary/aromatic N) is 3. The summed E-state index contributed by atoms with van der Waals surface area (Å²) in [6, 6.07) is 0.182.